The second-order valence-corrected chi connectivity index (χ2v) is 5.66. The molecular formula is C14H18N6S. The Morgan fingerprint density at radius 2 is 2.24 bits per heavy atom. The summed E-state index contributed by atoms with van der Waals surface area (Å²) in [5.41, 5.74) is 0.764. The highest BCUT2D eigenvalue weighted by Gasteiger charge is 2.15. The van der Waals surface area contributed by atoms with Crippen molar-refractivity contribution in [1.29, 1.82) is 0 Å². The third-order valence-electron chi connectivity index (χ3n) is 3.23. The minimum absolute atomic E-state index is 0.633. The van der Waals surface area contributed by atoms with Crippen molar-refractivity contribution >= 4 is 34.1 Å². The molecule has 110 valence electrons. The third kappa shape index (κ3) is 2.82. The van der Waals surface area contributed by atoms with Crippen LogP contribution in [0.4, 0.5) is 11.8 Å². The van der Waals surface area contributed by atoms with Crippen molar-refractivity contribution in [3.63, 3.8) is 0 Å². The van der Waals surface area contributed by atoms with Crippen molar-refractivity contribution < 1.29 is 0 Å². The van der Waals surface area contributed by atoms with Gasteiger partial charge in [0.15, 0.2) is 5.65 Å². The zero-order chi connectivity index (χ0) is 14.7. The number of hydrogen-bond donors (Lipinski definition) is 2. The number of anilines is 2. The van der Waals surface area contributed by atoms with E-state index in [-0.39, 0.29) is 0 Å². The molecule has 0 saturated heterocycles. The van der Waals surface area contributed by atoms with Crippen LogP contribution < -0.4 is 10.2 Å². The molecule has 0 radical (unpaired) electrons. The molecule has 0 spiro atoms. The molecule has 2 N–H and O–H groups in total. The molecule has 0 atom stereocenters. The van der Waals surface area contributed by atoms with Crippen molar-refractivity contribution in [1.82, 2.24) is 20.2 Å². The first-order chi connectivity index (χ1) is 10.3. The van der Waals surface area contributed by atoms with Gasteiger partial charge in [0.25, 0.3) is 0 Å². The largest absolute Gasteiger partial charge is 0.354 e. The van der Waals surface area contributed by atoms with Gasteiger partial charge in [-0.15, -0.1) is 11.3 Å². The van der Waals surface area contributed by atoms with Crippen LogP contribution >= 0.6 is 11.3 Å². The average molecular weight is 302 g/mol. The van der Waals surface area contributed by atoms with Gasteiger partial charge in [0.2, 0.25) is 5.95 Å². The normalized spacial score (nSPS) is 11.0. The van der Waals surface area contributed by atoms with E-state index in [2.05, 4.69) is 54.8 Å². The fourth-order valence-corrected chi connectivity index (χ4v) is 2.94. The molecule has 3 rings (SSSR count). The molecule has 0 amide bonds. The van der Waals surface area contributed by atoms with Crippen molar-refractivity contribution in [2.45, 2.75) is 20.4 Å². The van der Waals surface area contributed by atoms with E-state index in [9.17, 15) is 0 Å². The van der Waals surface area contributed by atoms with E-state index in [1.807, 2.05) is 6.92 Å². The molecule has 0 fully saturated rings. The number of fused-ring (bicyclic) bond motifs is 1. The maximum absolute atomic E-state index is 4.66. The standard InChI is InChI=1S/C14H18N6S/c1-3-15-14-17-12-11(8-16-19-12)13(18-14)20(4-2)9-10-6-5-7-21-10/h5-8H,3-4,9H2,1-2H3,(H2,15,16,17,18,19). The van der Waals surface area contributed by atoms with Crippen LogP contribution in [0.15, 0.2) is 23.7 Å². The number of thiophene rings is 1. The molecule has 3 aromatic rings. The first kappa shape index (κ1) is 13.8. The van der Waals surface area contributed by atoms with Gasteiger partial charge < -0.3 is 10.2 Å². The second-order valence-electron chi connectivity index (χ2n) is 4.63. The van der Waals surface area contributed by atoms with Gasteiger partial charge in [-0.1, -0.05) is 6.07 Å². The lowest BCUT2D eigenvalue weighted by atomic mass is 10.3. The van der Waals surface area contributed by atoms with E-state index in [4.69, 9.17) is 0 Å². The third-order valence-corrected chi connectivity index (χ3v) is 4.09. The van der Waals surface area contributed by atoms with E-state index in [1.165, 1.54) is 4.88 Å². The SMILES string of the molecule is CCNc1nc(N(CC)Cc2cccs2)c2cn[nH]c2n1. The van der Waals surface area contributed by atoms with Crippen LogP contribution in [0.1, 0.15) is 18.7 Å². The summed E-state index contributed by atoms with van der Waals surface area (Å²) in [6, 6.07) is 4.22. The molecule has 0 aliphatic carbocycles. The highest BCUT2D eigenvalue weighted by molar-refractivity contribution is 7.09. The summed E-state index contributed by atoms with van der Waals surface area (Å²) >= 11 is 1.76. The zero-order valence-corrected chi connectivity index (χ0v) is 12.9. The Bertz CT molecular complexity index is 705. The van der Waals surface area contributed by atoms with E-state index >= 15 is 0 Å². The molecule has 6 nitrogen and oxygen atoms in total. The van der Waals surface area contributed by atoms with Gasteiger partial charge in [-0.3, -0.25) is 5.10 Å². The lowest BCUT2D eigenvalue weighted by molar-refractivity contribution is 0.826. The van der Waals surface area contributed by atoms with Crippen LogP contribution in [0, 0.1) is 0 Å². The fourth-order valence-electron chi connectivity index (χ4n) is 2.22. The maximum Gasteiger partial charge on any atom is 0.226 e. The monoisotopic (exact) mass is 302 g/mol. The summed E-state index contributed by atoms with van der Waals surface area (Å²) in [6.07, 6.45) is 1.79. The second kappa shape index (κ2) is 6.09. The van der Waals surface area contributed by atoms with Crippen molar-refractivity contribution in [3.05, 3.63) is 28.6 Å². The van der Waals surface area contributed by atoms with Gasteiger partial charge in [0, 0.05) is 18.0 Å². The minimum atomic E-state index is 0.633. The minimum Gasteiger partial charge on any atom is -0.354 e. The Morgan fingerprint density at radius 1 is 1.33 bits per heavy atom. The average Bonchev–Trinajstić information content (AvgIpc) is 3.15. The Morgan fingerprint density at radius 3 is 2.95 bits per heavy atom. The van der Waals surface area contributed by atoms with Crippen molar-refractivity contribution in [2.24, 2.45) is 0 Å². The predicted molar refractivity (Wildman–Crippen MR) is 86.9 cm³/mol. The van der Waals surface area contributed by atoms with Gasteiger partial charge in [-0.05, 0) is 25.3 Å². The number of nitrogens with one attached hydrogen (secondary N) is 2. The van der Waals surface area contributed by atoms with Gasteiger partial charge in [-0.25, -0.2) is 0 Å². The molecule has 7 heteroatoms. The molecule has 0 unspecified atom stereocenters. The van der Waals surface area contributed by atoms with E-state index in [1.54, 1.807) is 17.5 Å². The van der Waals surface area contributed by atoms with Crippen molar-refractivity contribution in [3.8, 4) is 0 Å². The molecule has 0 bridgehead atoms. The van der Waals surface area contributed by atoms with Crippen LogP contribution in [0.5, 0.6) is 0 Å². The van der Waals surface area contributed by atoms with Crippen molar-refractivity contribution in [2.75, 3.05) is 23.3 Å². The lowest BCUT2D eigenvalue weighted by Gasteiger charge is -2.22. The first-order valence-corrected chi connectivity index (χ1v) is 7.92. The highest BCUT2D eigenvalue weighted by atomic mass is 32.1. The fraction of sp³-hybridized carbons (Fsp3) is 0.357. The summed E-state index contributed by atoms with van der Waals surface area (Å²) in [5, 5.41) is 13.3. The number of H-pyrrole nitrogens is 1. The lowest BCUT2D eigenvalue weighted by Crippen LogP contribution is -2.23. The molecular weight excluding hydrogens is 284 g/mol. The van der Waals surface area contributed by atoms with Gasteiger partial charge >= 0.3 is 0 Å². The van der Waals surface area contributed by atoms with E-state index in [0.717, 1.165) is 36.5 Å². The number of aromatic amines is 1. The first-order valence-electron chi connectivity index (χ1n) is 7.04. The van der Waals surface area contributed by atoms with E-state index in [0.29, 0.717) is 5.95 Å². The summed E-state index contributed by atoms with van der Waals surface area (Å²) in [6.45, 7) is 6.67. The van der Waals surface area contributed by atoms with Crippen LogP contribution in [0.2, 0.25) is 0 Å². The molecule has 3 heterocycles. The summed E-state index contributed by atoms with van der Waals surface area (Å²) in [4.78, 5) is 12.7. The van der Waals surface area contributed by atoms with Crippen LogP contribution in [-0.4, -0.2) is 33.3 Å². The molecule has 0 aliphatic rings. The number of hydrogen-bond acceptors (Lipinski definition) is 6. The number of nitrogens with zero attached hydrogens (tertiary/aromatic N) is 4. The Kier molecular flexibility index (Phi) is 4.01. The van der Waals surface area contributed by atoms with Gasteiger partial charge in [0.1, 0.15) is 5.82 Å². The smallest absolute Gasteiger partial charge is 0.226 e. The van der Waals surface area contributed by atoms with Crippen LogP contribution in [0.3, 0.4) is 0 Å². The van der Waals surface area contributed by atoms with Crippen LogP contribution in [0.25, 0.3) is 11.0 Å². The van der Waals surface area contributed by atoms with Crippen LogP contribution in [-0.2, 0) is 6.54 Å². The highest BCUT2D eigenvalue weighted by Crippen LogP contribution is 2.26. The maximum atomic E-state index is 4.66. The van der Waals surface area contributed by atoms with Gasteiger partial charge in [-0.2, -0.15) is 15.1 Å². The molecule has 0 aromatic carbocycles. The number of aromatic nitrogens is 4. The van der Waals surface area contributed by atoms with Gasteiger partial charge in [0.05, 0.1) is 18.1 Å². The quantitative estimate of drug-likeness (QED) is 0.732. The Labute approximate surface area is 127 Å². The van der Waals surface area contributed by atoms with E-state index < -0.39 is 0 Å². The zero-order valence-electron chi connectivity index (χ0n) is 12.1. The topological polar surface area (TPSA) is 69.7 Å². The molecule has 0 aliphatic heterocycles. The Hall–Kier alpha value is -2.15. The summed E-state index contributed by atoms with van der Waals surface area (Å²) in [5.74, 6) is 1.55. The Balaban J connectivity index is 2.01. The summed E-state index contributed by atoms with van der Waals surface area (Å²) in [7, 11) is 0. The molecule has 21 heavy (non-hydrogen) atoms. The molecule has 3 aromatic heterocycles. The number of rotatable bonds is 6. The molecule has 0 saturated carbocycles. The predicted octanol–water partition coefficient (Wildman–Crippen LogP) is 2.87. The summed E-state index contributed by atoms with van der Waals surface area (Å²) < 4.78 is 0.